The van der Waals surface area contributed by atoms with Crippen molar-refractivity contribution in [2.45, 2.75) is 11.6 Å². The topological polar surface area (TPSA) is 96.5 Å². The van der Waals surface area contributed by atoms with E-state index in [1.54, 1.807) is 41.1 Å². The molecule has 0 atom stereocenters. The van der Waals surface area contributed by atoms with Gasteiger partial charge >= 0.3 is 0 Å². The first-order chi connectivity index (χ1) is 12.7. The molecule has 1 amide bonds. The Morgan fingerprint density at radius 2 is 1.92 bits per heavy atom. The van der Waals surface area contributed by atoms with Crippen molar-refractivity contribution in [1.82, 2.24) is 20.2 Å². The molecule has 26 heavy (non-hydrogen) atoms. The van der Waals surface area contributed by atoms with Gasteiger partial charge in [-0.3, -0.25) is 4.79 Å². The Kier molecular flexibility index (Phi) is 5.84. The molecular formula is C17H13ClN6OS. The molecule has 0 aliphatic carbocycles. The van der Waals surface area contributed by atoms with Crippen LogP contribution < -0.4 is 5.32 Å². The third kappa shape index (κ3) is 4.59. The zero-order chi connectivity index (χ0) is 18.4. The maximum atomic E-state index is 12.1. The van der Waals surface area contributed by atoms with Gasteiger partial charge < -0.3 is 5.32 Å². The van der Waals surface area contributed by atoms with Crippen LogP contribution in [0, 0.1) is 11.3 Å². The van der Waals surface area contributed by atoms with E-state index in [1.807, 2.05) is 12.1 Å². The number of hydrogen-bond donors (Lipinski definition) is 1. The molecule has 0 saturated heterocycles. The van der Waals surface area contributed by atoms with Crippen LogP contribution in [0.2, 0.25) is 5.02 Å². The lowest BCUT2D eigenvalue weighted by Crippen LogP contribution is -2.14. The number of nitrogens with zero attached hydrogens (tertiary/aromatic N) is 5. The Bertz CT molecular complexity index is 933. The quantitative estimate of drug-likeness (QED) is 0.656. The highest BCUT2D eigenvalue weighted by atomic mass is 35.5. The molecule has 0 spiro atoms. The number of carbonyl (C=O) groups excluding carboxylic acids is 1. The molecule has 1 N–H and O–H groups in total. The number of amides is 1. The van der Waals surface area contributed by atoms with E-state index < -0.39 is 0 Å². The number of halogens is 1. The minimum absolute atomic E-state index is 0.161. The number of hydrogen-bond acceptors (Lipinski definition) is 6. The van der Waals surface area contributed by atoms with Crippen LogP contribution in [0.4, 0.5) is 5.69 Å². The average molecular weight is 385 g/mol. The van der Waals surface area contributed by atoms with Gasteiger partial charge in [0.05, 0.1) is 23.9 Å². The maximum Gasteiger partial charge on any atom is 0.234 e. The van der Waals surface area contributed by atoms with E-state index in [1.165, 1.54) is 11.8 Å². The van der Waals surface area contributed by atoms with Gasteiger partial charge in [-0.15, -0.1) is 5.10 Å². The first kappa shape index (κ1) is 17.9. The summed E-state index contributed by atoms with van der Waals surface area (Å²) in [6.07, 6.45) is 0.345. The normalized spacial score (nSPS) is 10.3. The SMILES string of the molecule is N#CCc1ccc(NC(=O)CSc2nnnn2-c2ccc(Cl)cc2)cc1. The summed E-state index contributed by atoms with van der Waals surface area (Å²) in [6, 6.07) is 16.3. The highest BCUT2D eigenvalue weighted by Gasteiger charge is 2.12. The molecule has 9 heteroatoms. The number of benzene rings is 2. The second kappa shape index (κ2) is 8.47. The van der Waals surface area contributed by atoms with Crippen LogP contribution >= 0.6 is 23.4 Å². The number of nitrogens with one attached hydrogen (secondary N) is 1. The van der Waals surface area contributed by atoms with Crippen LogP contribution in [-0.2, 0) is 11.2 Å². The molecule has 3 aromatic rings. The Morgan fingerprint density at radius 1 is 1.19 bits per heavy atom. The van der Waals surface area contributed by atoms with Crippen molar-refractivity contribution in [2.24, 2.45) is 0 Å². The van der Waals surface area contributed by atoms with E-state index in [9.17, 15) is 4.79 Å². The molecule has 0 saturated carbocycles. The monoisotopic (exact) mass is 384 g/mol. The summed E-state index contributed by atoms with van der Waals surface area (Å²) in [5, 5.41) is 24.1. The lowest BCUT2D eigenvalue weighted by molar-refractivity contribution is -0.113. The van der Waals surface area contributed by atoms with E-state index in [4.69, 9.17) is 16.9 Å². The fraction of sp³-hybridized carbons (Fsp3) is 0.118. The van der Waals surface area contributed by atoms with Crippen LogP contribution in [0.15, 0.2) is 53.7 Å². The molecule has 130 valence electrons. The fourth-order valence-corrected chi connectivity index (χ4v) is 2.95. The van der Waals surface area contributed by atoms with Crippen molar-refractivity contribution < 1.29 is 4.79 Å². The van der Waals surface area contributed by atoms with Crippen molar-refractivity contribution >= 4 is 35.0 Å². The Balaban J connectivity index is 1.59. The smallest absolute Gasteiger partial charge is 0.234 e. The summed E-state index contributed by atoms with van der Waals surface area (Å²) in [6.45, 7) is 0. The van der Waals surface area contributed by atoms with Crippen LogP contribution in [0.5, 0.6) is 0 Å². The minimum Gasteiger partial charge on any atom is -0.325 e. The third-order valence-electron chi connectivity index (χ3n) is 3.37. The molecule has 0 aliphatic heterocycles. The Labute approximate surface area is 159 Å². The molecule has 3 rings (SSSR count). The van der Waals surface area contributed by atoms with E-state index in [0.717, 1.165) is 11.3 Å². The molecule has 0 radical (unpaired) electrons. The van der Waals surface area contributed by atoms with Gasteiger partial charge in [-0.1, -0.05) is 35.5 Å². The molecule has 1 aromatic heterocycles. The van der Waals surface area contributed by atoms with Gasteiger partial charge in [0, 0.05) is 10.7 Å². The van der Waals surface area contributed by atoms with Gasteiger partial charge in [0.2, 0.25) is 11.1 Å². The van der Waals surface area contributed by atoms with Crippen LogP contribution in [0.1, 0.15) is 5.56 Å². The van der Waals surface area contributed by atoms with E-state index >= 15 is 0 Å². The van der Waals surface area contributed by atoms with Crippen molar-refractivity contribution in [2.75, 3.05) is 11.1 Å². The summed E-state index contributed by atoms with van der Waals surface area (Å²) in [7, 11) is 0. The largest absolute Gasteiger partial charge is 0.325 e. The van der Waals surface area contributed by atoms with Crippen LogP contribution in [-0.4, -0.2) is 31.9 Å². The number of tetrazole rings is 1. The number of aromatic nitrogens is 4. The Morgan fingerprint density at radius 3 is 2.62 bits per heavy atom. The molecule has 2 aromatic carbocycles. The van der Waals surface area contributed by atoms with Crippen molar-refractivity contribution in [3.63, 3.8) is 0 Å². The van der Waals surface area contributed by atoms with E-state index in [0.29, 0.717) is 22.3 Å². The van der Waals surface area contributed by atoms with Crippen LogP contribution in [0.3, 0.4) is 0 Å². The summed E-state index contributed by atoms with van der Waals surface area (Å²) >= 11 is 7.12. The lowest BCUT2D eigenvalue weighted by atomic mass is 10.1. The van der Waals surface area contributed by atoms with Crippen molar-refractivity contribution in [3.05, 3.63) is 59.1 Å². The first-order valence-corrected chi connectivity index (χ1v) is 8.95. The summed E-state index contributed by atoms with van der Waals surface area (Å²) in [5.74, 6) is -0.0119. The van der Waals surface area contributed by atoms with Gasteiger partial charge in [-0.25, -0.2) is 0 Å². The van der Waals surface area contributed by atoms with Crippen molar-refractivity contribution in [3.8, 4) is 11.8 Å². The van der Waals surface area contributed by atoms with E-state index in [-0.39, 0.29) is 11.7 Å². The second-order valence-corrected chi connectivity index (χ2v) is 6.60. The molecule has 1 heterocycles. The van der Waals surface area contributed by atoms with Gasteiger partial charge in [0.1, 0.15) is 0 Å². The number of nitriles is 1. The molecule has 0 bridgehead atoms. The standard InChI is InChI=1S/C17H13ClN6OS/c18-13-3-7-15(8-4-13)24-17(21-22-23-24)26-11-16(25)20-14-5-1-12(2-6-14)9-10-19/h1-8H,9,11H2,(H,20,25). The highest BCUT2D eigenvalue weighted by molar-refractivity contribution is 7.99. The number of anilines is 1. The van der Waals surface area contributed by atoms with Crippen molar-refractivity contribution in [1.29, 1.82) is 5.26 Å². The van der Waals surface area contributed by atoms with Gasteiger partial charge in [-0.2, -0.15) is 9.94 Å². The zero-order valence-electron chi connectivity index (χ0n) is 13.5. The number of rotatable bonds is 6. The zero-order valence-corrected chi connectivity index (χ0v) is 15.0. The first-order valence-electron chi connectivity index (χ1n) is 7.58. The second-order valence-electron chi connectivity index (χ2n) is 5.22. The van der Waals surface area contributed by atoms with Gasteiger partial charge in [-0.05, 0) is 52.4 Å². The molecule has 7 nitrogen and oxygen atoms in total. The highest BCUT2D eigenvalue weighted by Crippen LogP contribution is 2.20. The van der Waals surface area contributed by atoms with Gasteiger partial charge in [0.15, 0.2) is 0 Å². The summed E-state index contributed by atoms with van der Waals surface area (Å²) in [5.41, 5.74) is 2.34. The van der Waals surface area contributed by atoms with Gasteiger partial charge in [0.25, 0.3) is 0 Å². The lowest BCUT2D eigenvalue weighted by Gasteiger charge is -2.06. The predicted molar refractivity (Wildman–Crippen MR) is 99.3 cm³/mol. The summed E-state index contributed by atoms with van der Waals surface area (Å²) < 4.78 is 1.55. The molecule has 0 unspecified atom stereocenters. The summed E-state index contributed by atoms with van der Waals surface area (Å²) in [4.78, 5) is 12.1. The molecular weight excluding hydrogens is 372 g/mol. The van der Waals surface area contributed by atoms with E-state index in [2.05, 4.69) is 26.9 Å². The molecule has 0 fully saturated rings. The number of thioether (sulfide) groups is 1. The molecule has 0 aliphatic rings. The predicted octanol–water partition coefficient (Wildman–Crippen LogP) is 3.11. The average Bonchev–Trinajstić information content (AvgIpc) is 3.11. The fourth-order valence-electron chi connectivity index (χ4n) is 2.14. The third-order valence-corrected chi connectivity index (χ3v) is 4.54. The number of carbonyl (C=O) groups is 1. The van der Waals surface area contributed by atoms with Crippen LogP contribution in [0.25, 0.3) is 5.69 Å². The minimum atomic E-state index is -0.173. The maximum absolute atomic E-state index is 12.1. The Hall–Kier alpha value is -2.89.